The molecule has 88 valence electrons. The second-order valence-electron chi connectivity index (χ2n) is 4.84. The van der Waals surface area contributed by atoms with Crippen molar-refractivity contribution >= 4 is 0 Å². The summed E-state index contributed by atoms with van der Waals surface area (Å²) in [4.78, 5) is 0. The van der Waals surface area contributed by atoms with Gasteiger partial charge in [-0.05, 0) is 12.8 Å². The van der Waals surface area contributed by atoms with E-state index in [1.165, 1.54) is 36.9 Å². The number of aliphatic hydroxyl groups excluding tert-OH is 1. The lowest BCUT2D eigenvalue weighted by atomic mass is 10.1. The number of nitrogens with one attached hydrogen (secondary N) is 1. The highest BCUT2D eigenvalue weighted by atomic mass is 16.3. The molecule has 3 rings (SSSR count). The van der Waals surface area contributed by atoms with Crippen LogP contribution in [0.3, 0.4) is 0 Å². The molecule has 0 amide bonds. The molecule has 2 heterocycles. The molecule has 0 atom stereocenters. The molecular formula is C12H19N3O. The van der Waals surface area contributed by atoms with E-state index >= 15 is 0 Å². The molecule has 1 aromatic rings. The van der Waals surface area contributed by atoms with Crippen LogP contribution in [-0.2, 0) is 19.6 Å². The molecule has 0 spiro atoms. The van der Waals surface area contributed by atoms with E-state index in [0.29, 0.717) is 6.04 Å². The van der Waals surface area contributed by atoms with Crippen molar-refractivity contribution in [2.45, 2.75) is 51.3 Å². The molecule has 1 aromatic heterocycles. The highest BCUT2D eigenvalue weighted by Crippen LogP contribution is 2.32. The van der Waals surface area contributed by atoms with Gasteiger partial charge in [-0.25, -0.2) is 0 Å². The molecule has 0 unspecified atom stereocenters. The number of fused-ring (bicyclic) bond motifs is 1. The monoisotopic (exact) mass is 221 g/mol. The van der Waals surface area contributed by atoms with E-state index in [-0.39, 0.29) is 6.61 Å². The Labute approximate surface area is 95.7 Å². The largest absolute Gasteiger partial charge is 0.390 e. The summed E-state index contributed by atoms with van der Waals surface area (Å²) in [6.07, 6.45) is 6.22. The van der Waals surface area contributed by atoms with Gasteiger partial charge >= 0.3 is 0 Å². The Morgan fingerprint density at radius 2 is 2.19 bits per heavy atom. The van der Waals surface area contributed by atoms with Crippen molar-refractivity contribution in [3.8, 4) is 0 Å². The highest BCUT2D eigenvalue weighted by Gasteiger charge is 2.26. The maximum absolute atomic E-state index is 9.35. The van der Waals surface area contributed by atoms with Crippen molar-refractivity contribution in [2.75, 3.05) is 6.54 Å². The maximum Gasteiger partial charge on any atom is 0.0926 e. The molecule has 0 saturated heterocycles. The third-order valence-corrected chi connectivity index (χ3v) is 3.86. The summed E-state index contributed by atoms with van der Waals surface area (Å²) in [7, 11) is 0. The van der Waals surface area contributed by atoms with E-state index in [4.69, 9.17) is 0 Å². The number of hydrogen-bond donors (Lipinski definition) is 2. The second-order valence-corrected chi connectivity index (χ2v) is 4.84. The average molecular weight is 221 g/mol. The van der Waals surface area contributed by atoms with Gasteiger partial charge < -0.3 is 10.4 Å². The van der Waals surface area contributed by atoms with Crippen LogP contribution in [0.5, 0.6) is 0 Å². The normalized spacial score (nSPS) is 21.3. The van der Waals surface area contributed by atoms with E-state index in [9.17, 15) is 5.11 Å². The minimum atomic E-state index is 0.0731. The molecule has 0 bridgehead atoms. The number of nitrogens with zero attached hydrogens (tertiary/aromatic N) is 2. The SMILES string of the molecule is OCc1nn(C2CCCC2)c2c1CNCC2. The van der Waals surface area contributed by atoms with Crippen LogP contribution in [0, 0.1) is 0 Å². The Bertz CT molecular complexity index is 380. The molecule has 0 radical (unpaired) electrons. The summed E-state index contributed by atoms with van der Waals surface area (Å²) >= 11 is 0. The lowest BCUT2D eigenvalue weighted by Gasteiger charge is -2.18. The lowest BCUT2D eigenvalue weighted by molar-refractivity contribution is 0.272. The Hall–Kier alpha value is -0.870. The quantitative estimate of drug-likeness (QED) is 0.787. The minimum Gasteiger partial charge on any atom is -0.390 e. The molecule has 2 N–H and O–H groups in total. The van der Waals surface area contributed by atoms with Crippen molar-refractivity contribution in [1.29, 1.82) is 0 Å². The first-order valence-electron chi connectivity index (χ1n) is 6.31. The van der Waals surface area contributed by atoms with Gasteiger partial charge in [0.1, 0.15) is 0 Å². The first kappa shape index (κ1) is 10.3. The minimum absolute atomic E-state index is 0.0731. The topological polar surface area (TPSA) is 50.1 Å². The zero-order valence-electron chi connectivity index (χ0n) is 9.58. The molecule has 2 aliphatic rings. The van der Waals surface area contributed by atoms with Gasteiger partial charge in [-0.2, -0.15) is 5.10 Å². The van der Waals surface area contributed by atoms with Crippen LogP contribution in [0.25, 0.3) is 0 Å². The van der Waals surface area contributed by atoms with Crippen molar-refractivity contribution in [2.24, 2.45) is 0 Å². The fourth-order valence-electron chi connectivity index (χ4n) is 3.02. The van der Waals surface area contributed by atoms with Gasteiger partial charge in [0.15, 0.2) is 0 Å². The van der Waals surface area contributed by atoms with Gasteiger partial charge in [0, 0.05) is 30.8 Å². The zero-order valence-corrected chi connectivity index (χ0v) is 9.58. The summed E-state index contributed by atoms with van der Waals surface area (Å²) in [6.45, 7) is 1.98. The van der Waals surface area contributed by atoms with Gasteiger partial charge in [-0.1, -0.05) is 12.8 Å². The Morgan fingerprint density at radius 3 is 2.94 bits per heavy atom. The molecule has 4 heteroatoms. The predicted molar refractivity (Wildman–Crippen MR) is 61.1 cm³/mol. The summed E-state index contributed by atoms with van der Waals surface area (Å²) in [5, 5.41) is 17.3. The van der Waals surface area contributed by atoms with E-state index in [0.717, 1.165) is 25.2 Å². The molecule has 16 heavy (non-hydrogen) atoms. The van der Waals surface area contributed by atoms with Gasteiger partial charge in [0.2, 0.25) is 0 Å². The zero-order chi connectivity index (χ0) is 11.0. The van der Waals surface area contributed by atoms with E-state index in [1.807, 2.05) is 0 Å². The third kappa shape index (κ3) is 1.57. The van der Waals surface area contributed by atoms with Crippen LogP contribution in [0.1, 0.15) is 48.7 Å². The Kier molecular flexibility index (Phi) is 2.69. The van der Waals surface area contributed by atoms with Crippen LogP contribution in [-0.4, -0.2) is 21.4 Å². The van der Waals surface area contributed by atoms with Gasteiger partial charge in [0.25, 0.3) is 0 Å². The summed E-state index contributed by atoms with van der Waals surface area (Å²) in [5.41, 5.74) is 3.50. The van der Waals surface area contributed by atoms with Crippen molar-refractivity contribution < 1.29 is 5.11 Å². The predicted octanol–water partition coefficient (Wildman–Crippen LogP) is 1.14. The average Bonchev–Trinajstić information content (AvgIpc) is 2.95. The molecule has 1 aliphatic carbocycles. The van der Waals surface area contributed by atoms with Crippen LogP contribution >= 0.6 is 0 Å². The molecule has 4 nitrogen and oxygen atoms in total. The van der Waals surface area contributed by atoms with Crippen molar-refractivity contribution in [1.82, 2.24) is 15.1 Å². The van der Waals surface area contributed by atoms with E-state index < -0.39 is 0 Å². The maximum atomic E-state index is 9.35. The molecule has 1 aliphatic heterocycles. The molecule has 1 saturated carbocycles. The van der Waals surface area contributed by atoms with Crippen molar-refractivity contribution in [3.05, 3.63) is 17.0 Å². The Morgan fingerprint density at radius 1 is 1.38 bits per heavy atom. The number of hydrogen-bond acceptors (Lipinski definition) is 3. The van der Waals surface area contributed by atoms with Crippen LogP contribution in [0.2, 0.25) is 0 Å². The van der Waals surface area contributed by atoms with Crippen LogP contribution in [0.4, 0.5) is 0 Å². The molecule has 1 fully saturated rings. The first-order chi connectivity index (χ1) is 7.90. The van der Waals surface area contributed by atoms with E-state index in [2.05, 4.69) is 15.1 Å². The number of aliphatic hydroxyl groups is 1. The highest BCUT2D eigenvalue weighted by molar-refractivity contribution is 5.28. The Balaban J connectivity index is 2.00. The number of rotatable bonds is 2. The summed E-state index contributed by atoms with van der Waals surface area (Å²) in [6, 6.07) is 0.590. The summed E-state index contributed by atoms with van der Waals surface area (Å²) in [5.74, 6) is 0. The third-order valence-electron chi connectivity index (χ3n) is 3.86. The van der Waals surface area contributed by atoms with Gasteiger partial charge in [-0.15, -0.1) is 0 Å². The molecule has 0 aromatic carbocycles. The second kappa shape index (κ2) is 4.18. The fourth-order valence-corrected chi connectivity index (χ4v) is 3.02. The smallest absolute Gasteiger partial charge is 0.0926 e. The van der Waals surface area contributed by atoms with Crippen LogP contribution < -0.4 is 5.32 Å². The fraction of sp³-hybridized carbons (Fsp3) is 0.750. The summed E-state index contributed by atoms with van der Waals surface area (Å²) < 4.78 is 2.22. The van der Waals surface area contributed by atoms with Gasteiger partial charge in [-0.3, -0.25) is 4.68 Å². The van der Waals surface area contributed by atoms with Crippen LogP contribution in [0.15, 0.2) is 0 Å². The number of aromatic nitrogens is 2. The van der Waals surface area contributed by atoms with Gasteiger partial charge in [0.05, 0.1) is 18.3 Å². The molecular weight excluding hydrogens is 202 g/mol. The lowest BCUT2D eigenvalue weighted by Crippen LogP contribution is -2.25. The first-order valence-corrected chi connectivity index (χ1v) is 6.31. The van der Waals surface area contributed by atoms with E-state index in [1.54, 1.807) is 0 Å². The standard InChI is InChI=1S/C12H19N3O/c16-8-11-10-7-13-6-5-12(10)15(14-11)9-3-1-2-4-9/h9,13,16H,1-8H2. The van der Waals surface area contributed by atoms with Crippen molar-refractivity contribution in [3.63, 3.8) is 0 Å².